The molecule has 0 atom stereocenters. The van der Waals surface area contributed by atoms with Gasteiger partial charge < -0.3 is 10.3 Å². The van der Waals surface area contributed by atoms with Gasteiger partial charge in [0.1, 0.15) is 17.3 Å². The van der Waals surface area contributed by atoms with Crippen molar-refractivity contribution in [2.45, 2.75) is 46.1 Å². The fourth-order valence-electron chi connectivity index (χ4n) is 2.44. The summed E-state index contributed by atoms with van der Waals surface area (Å²) in [5, 5.41) is 9.04. The third-order valence-electron chi connectivity index (χ3n) is 3.39. The quantitative estimate of drug-likeness (QED) is 0.933. The number of hydrogen-bond acceptors (Lipinski definition) is 3. The van der Waals surface area contributed by atoms with Crippen LogP contribution >= 0.6 is 0 Å². The van der Waals surface area contributed by atoms with Gasteiger partial charge in [0.05, 0.1) is 11.6 Å². The fraction of sp³-hybridized carbons (Fsp3) is 0.412. The molecule has 1 heterocycles. The maximum atomic E-state index is 9.04. The minimum atomic E-state index is -0.0750. The van der Waals surface area contributed by atoms with Crippen molar-refractivity contribution in [1.29, 1.82) is 5.26 Å². The van der Waals surface area contributed by atoms with Gasteiger partial charge in [0.15, 0.2) is 0 Å². The number of imidazole rings is 1. The molecule has 1 aromatic heterocycles. The average molecular weight is 282 g/mol. The minimum absolute atomic E-state index is 0.0750. The standard InChI is InChI=1S/C17H22N4/c1-5-9-21-15(19)14(20-16(21)17(2,3)4)13-8-6-7-12(10-13)11-18/h6-8,10H,5,9,19H2,1-4H3. The lowest BCUT2D eigenvalue weighted by Crippen LogP contribution is -2.19. The van der Waals surface area contributed by atoms with Gasteiger partial charge in [0.25, 0.3) is 0 Å². The van der Waals surface area contributed by atoms with Gasteiger partial charge in [0.2, 0.25) is 0 Å². The number of aromatic nitrogens is 2. The molecule has 0 radical (unpaired) electrons. The van der Waals surface area contributed by atoms with Crippen LogP contribution in [0, 0.1) is 11.3 Å². The maximum Gasteiger partial charge on any atom is 0.131 e. The number of benzene rings is 1. The van der Waals surface area contributed by atoms with E-state index >= 15 is 0 Å². The van der Waals surface area contributed by atoms with Crippen LogP contribution in [0.1, 0.15) is 45.5 Å². The highest BCUT2D eigenvalue weighted by atomic mass is 15.1. The van der Waals surface area contributed by atoms with Crippen molar-refractivity contribution >= 4 is 5.82 Å². The number of nitrogens with zero attached hydrogens (tertiary/aromatic N) is 3. The maximum absolute atomic E-state index is 9.04. The summed E-state index contributed by atoms with van der Waals surface area (Å²) in [6.07, 6.45) is 1.00. The Bertz CT molecular complexity index is 684. The molecule has 0 spiro atoms. The van der Waals surface area contributed by atoms with Crippen LogP contribution < -0.4 is 5.73 Å². The van der Waals surface area contributed by atoms with Crippen LogP contribution in [0.5, 0.6) is 0 Å². The van der Waals surface area contributed by atoms with Crippen LogP contribution in [-0.4, -0.2) is 9.55 Å². The number of anilines is 1. The van der Waals surface area contributed by atoms with Gasteiger partial charge in [-0.25, -0.2) is 4.98 Å². The van der Waals surface area contributed by atoms with E-state index in [2.05, 4.69) is 38.3 Å². The van der Waals surface area contributed by atoms with Crippen LogP contribution in [0.4, 0.5) is 5.82 Å². The molecule has 0 aliphatic rings. The molecule has 0 aliphatic carbocycles. The number of nitrogens with two attached hydrogens (primary N) is 1. The summed E-state index contributed by atoms with van der Waals surface area (Å²) in [5.41, 5.74) is 8.54. The molecule has 0 bridgehead atoms. The van der Waals surface area contributed by atoms with Crippen LogP contribution in [-0.2, 0) is 12.0 Å². The topological polar surface area (TPSA) is 67.6 Å². The molecule has 1 aromatic carbocycles. The first-order chi connectivity index (χ1) is 9.88. The smallest absolute Gasteiger partial charge is 0.131 e. The lowest BCUT2D eigenvalue weighted by Gasteiger charge is -2.19. The van der Waals surface area contributed by atoms with E-state index in [1.165, 1.54) is 0 Å². The predicted octanol–water partition coefficient (Wildman–Crippen LogP) is 3.71. The summed E-state index contributed by atoms with van der Waals surface area (Å²) >= 11 is 0. The number of nitrogen functional groups attached to an aromatic ring is 1. The lowest BCUT2D eigenvalue weighted by atomic mass is 9.95. The van der Waals surface area contributed by atoms with Gasteiger partial charge in [-0.15, -0.1) is 0 Å². The van der Waals surface area contributed by atoms with Gasteiger partial charge in [-0.3, -0.25) is 0 Å². The highest BCUT2D eigenvalue weighted by Crippen LogP contribution is 2.32. The van der Waals surface area contributed by atoms with Crippen LogP contribution in [0.15, 0.2) is 24.3 Å². The second-order valence-electron chi connectivity index (χ2n) is 6.26. The molecule has 0 fully saturated rings. The highest BCUT2D eigenvalue weighted by molar-refractivity contribution is 5.72. The second-order valence-corrected chi connectivity index (χ2v) is 6.26. The van der Waals surface area contributed by atoms with Crippen molar-refractivity contribution < 1.29 is 0 Å². The molecule has 4 nitrogen and oxygen atoms in total. The second kappa shape index (κ2) is 5.61. The van der Waals surface area contributed by atoms with E-state index in [0.717, 1.165) is 30.0 Å². The molecular formula is C17H22N4. The minimum Gasteiger partial charge on any atom is -0.383 e. The van der Waals surface area contributed by atoms with Crippen molar-refractivity contribution in [3.63, 3.8) is 0 Å². The zero-order chi connectivity index (χ0) is 15.6. The Labute approximate surface area is 126 Å². The van der Waals surface area contributed by atoms with E-state index in [1.807, 2.05) is 18.2 Å². The highest BCUT2D eigenvalue weighted by Gasteiger charge is 2.25. The molecule has 0 amide bonds. The van der Waals surface area contributed by atoms with E-state index < -0.39 is 0 Å². The van der Waals surface area contributed by atoms with E-state index in [9.17, 15) is 0 Å². The Balaban J connectivity index is 2.62. The summed E-state index contributed by atoms with van der Waals surface area (Å²) in [5.74, 6) is 1.66. The molecule has 0 saturated carbocycles. The molecule has 2 rings (SSSR count). The van der Waals surface area contributed by atoms with Gasteiger partial charge in [0, 0.05) is 17.5 Å². The third-order valence-corrected chi connectivity index (χ3v) is 3.39. The van der Waals surface area contributed by atoms with Crippen LogP contribution in [0.25, 0.3) is 11.3 Å². The van der Waals surface area contributed by atoms with E-state index in [0.29, 0.717) is 11.4 Å². The summed E-state index contributed by atoms with van der Waals surface area (Å²) in [4.78, 5) is 4.77. The Morgan fingerprint density at radius 2 is 2.05 bits per heavy atom. The molecule has 2 N–H and O–H groups in total. The van der Waals surface area contributed by atoms with Crippen molar-refractivity contribution in [3.8, 4) is 17.3 Å². The molecule has 0 saturated heterocycles. The largest absolute Gasteiger partial charge is 0.383 e. The van der Waals surface area contributed by atoms with Crippen molar-refractivity contribution in [2.75, 3.05) is 5.73 Å². The van der Waals surface area contributed by atoms with E-state index in [1.54, 1.807) is 6.07 Å². The summed E-state index contributed by atoms with van der Waals surface area (Å²) in [7, 11) is 0. The van der Waals surface area contributed by atoms with Crippen molar-refractivity contribution in [2.24, 2.45) is 0 Å². The monoisotopic (exact) mass is 282 g/mol. The zero-order valence-electron chi connectivity index (χ0n) is 13.1. The van der Waals surface area contributed by atoms with Crippen LogP contribution in [0.3, 0.4) is 0 Å². The SMILES string of the molecule is CCCn1c(C(C)(C)C)nc(-c2cccc(C#N)c2)c1N. The molecule has 0 unspecified atom stereocenters. The first-order valence-electron chi connectivity index (χ1n) is 7.25. The molecule has 2 aromatic rings. The molecule has 21 heavy (non-hydrogen) atoms. The Morgan fingerprint density at radius 3 is 2.62 bits per heavy atom. The number of nitriles is 1. The van der Waals surface area contributed by atoms with Gasteiger partial charge in [-0.1, -0.05) is 39.8 Å². The predicted molar refractivity (Wildman–Crippen MR) is 85.8 cm³/mol. The summed E-state index contributed by atoms with van der Waals surface area (Å²) < 4.78 is 2.09. The van der Waals surface area contributed by atoms with Gasteiger partial charge in [-0.2, -0.15) is 5.26 Å². The van der Waals surface area contributed by atoms with Crippen molar-refractivity contribution in [1.82, 2.24) is 9.55 Å². The Morgan fingerprint density at radius 1 is 1.33 bits per heavy atom. The molecular weight excluding hydrogens is 260 g/mol. The van der Waals surface area contributed by atoms with Gasteiger partial charge in [-0.05, 0) is 18.6 Å². The Hall–Kier alpha value is -2.28. The first kappa shape index (κ1) is 15.1. The summed E-state index contributed by atoms with van der Waals surface area (Å²) in [6.45, 7) is 9.38. The van der Waals surface area contributed by atoms with Gasteiger partial charge >= 0.3 is 0 Å². The average Bonchev–Trinajstić information content (AvgIpc) is 2.77. The third kappa shape index (κ3) is 2.92. The molecule has 4 heteroatoms. The van der Waals surface area contributed by atoms with Crippen LogP contribution in [0.2, 0.25) is 0 Å². The van der Waals surface area contributed by atoms with E-state index in [4.69, 9.17) is 16.0 Å². The molecule has 0 aliphatic heterocycles. The first-order valence-corrected chi connectivity index (χ1v) is 7.25. The van der Waals surface area contributed by atoms with Crippen molar-refractivity contribution in [3.05, 3.63) is 35.7 Å². The Kier molecular flexibility index (Phi) is 4.04. The zero-order valence-corrected chi connectivity index (χ0v) is 13.1. The number of hydrogen-bond donors (Lipinski definition) is 1. The normalized spacial score (nSPS) is 11.4. The lowest BCUT2D eigenvalue weighted by molar-refractivity contribution is 0.498. The number of rotatable bonds is 3. The fourth-order valence-corrected chi connectivity index (χ4v) is 2.44. The van der Waals surface area contributed by atoms with E-state index in [-0.39, 0.29) is 5.41 Å². The molecule has 110 valence electrons. The summed E-state index contributed by atoms with van der Waals surface area (Å²) in [6, 6.07) is 9.59.